The van der Waals surface area contributed by atoms with Crippen molar-refractivity contribution in [2.24, 2.45) is 0 Å². The SMILES string of the molecule is O=P(O)(O)O.[H-].[H-].[K+].[K+].c1ccccc1. The van der Waals surface area contributed by atoms with Crippen molar-refractivity contribution < 1.29 is 125 Å². The predicted molar refractivity (Wildman–Crippen MR) is 42.9 cm³/mol. The third-order valence-corrected chi connectivity index (χ3v) is 0.667. The van der Waals surface area contributed by atoms with E-state index in [0.29, 0.717) is 0 Å². The maximum Gasteiger partial charge on any atom is 1.00 e. The van der Waals surface area contributed by atoms with Gasteiger partial charge in [-0.05, 0) is 0 Å². The van der Waals surface area contributed by atoms with Gasteiger partial charge < -0.3 is 17.5 Å². The Morgan fingerprint density at radius 2 is 0.846 bits per heavy atom. The van der Waals surface area contributed by atoms with Crippen molar-refractivity contribution in [3.8, 4) is 0 Å². The molecule has 7 heteroatoms. The van der Waals surface area contributed by atoms with Gasteiger partial charge in [0.15, 0.2) is 0 Å². The largest absolute Gasteiger partial charge is 1.00 e. The van der Waals surface area contributed by atoms with E-state index >= 15 is 0 Å². The first-order valence-corrected chi connectivity index (χ1v) is 4.35. The summed E-state index contributed by atoms with van der Waals surface area (Å²) in [6.45, 7) is 0. The molecule has 0 heterocycles. The molecule has 13 heavy (non-hydrogen) atoms. The van der Waals surface area contributed by atoms with Crippen LogP contribution < -0.4 is 103 Å². The molecule has 1 rings (SSSR count). The zero-order chi connectivity index (χ0) is 8.74. The molecule has 0 fully saturated rings. The minimum atomic E-state index is -4.64. The van der Waals surface area contributed by atoms with E-state index in [4.69, 9.17) is 19.2 Å². The van der Waals surface area contributed by atoms with Gasteiger partial charge in [-0.25, -0.2) is 4.57 Å². The van der Waals surface area contributed by atoms with E-state index < -0.39 is 7.82 Å². The molecule has 66 valence electrons. The predicted octanol–water partition coefficient (Wildman–Crippen LogP) is -5.01. The molecule has 0 radical (unpaired) electrons. The molecule has 0 aliphatic rings. The Kier molecular flexibility index (Phi) is 20.4. The van der Waals surface area contributed by atoms with E-state index in [0.717, 1.165) is 0 Å². The van der Waals surface area contributed by atoms with Crippen molar-refractivity contribution in [3.63, 3.8) is 0 Å². The molecule has 0 bridgehead atoms. The number of hydrogen-bond donors (Lipinski definition) is 3. The van der Waals surface area contributed by atoms with Gasteiger partial charge in [0.2, 0.25) is 0 Å². The first kappa shape index (κ1) is 20.9. The topological polar surface area (TPSA) is 77.8 Å². The van der Waals surface area contributed by atoms with Crippen LogP contribution in [0.4, 0.5) is 0 Å². The third kappa shape index (κ3) is 31.3. The van der Waals surface area contributed by atoms with Crippen LogP contribution in [0.15, 0.2) is 36.4 Å². The summed E-state index contributed by atoms with van der Waals surface area (Å²) in [4.78, 5) is 21.6. The molecule has 0 aromatic heterocycles. The number of benzene rings is 1. The summed E-state index contributed by atoms with van der Waals surface area (Å²) in [6, 6.07) is 12.0. The Balaban J connectivity index is -0.0000000356. The molecule has 4 nitrogen and oxygen atoms in total. The first-order valence-electron chi connectivity index (χ1n) is 2.78. The molecule has 0 saturated carbocycles. The van der Waals surface area contributed by atoms with Crippen molar-refractivity contribution in [1.29, 1.82) is 0 Å². The Hall–Kier alpha value is 2.60. The second kappa shape index (κ2) is 12.7. The average Bonchev–Trinajstić information content (AvgIpc) is 1.88. The summed E-state index contributed by atoms with van der Waals surface area (Å²) < 4.78 is 8.88. The van der Waals surface area contributed by atoms with Gasteiger partial charge in [-0.3, -0.25) is 0 Å². The second-order valence-electron chi connectivity index (χ2n) is 1.67. The quantitative estimate of drug-likeness (QED) is 0.321. The van der Waals surface area contributed by atoms with Crippen molar-refractivity contribution in [2.75, 3.05) is 0 Å². The fraction of sp³-hybridized carbons (Fsp3) is 0. The van der Waals surface area contributed by atoms with Gasteiger partial charge in [0.25, 0.3) is 0 Å². The first-order chi connectivity index (χ1) is 5.00. The van der Waals surface area contributed by atoms with Gasteiger partial charge in [0.1, 0.15) is 0 Å². The molecule has 0 saturated heterocycles. The van der Waals surface area contributed by atoms with E-state index in [1.165, 1.54) is 0 Å². The van der Waals surface area contributed by atoms with Crippen molar-refractivity contribution >= 4 is 7.82 Å². The van der Waals surface area contributed by atoms with Crippen LogP contribution in [0.1, 0.15) is 2.85 Å². The van der Waals surface area contributed by atoms with E-state index in [-0.39, 0.29) is 106 Å². The maximum absolute atomic E-state index is 8.88. The van der Waals surface area contributed by atoms with E-state index in [9.17, 15) is 0 Å². The van der Waals surface area contributed by atoms with Crippen LogP contribution in [-0.4, -0.2) is 14.7 Å². The molecule has 1 aromatic rings. The third-order valence-electron chi connectivity index (χ3n) is 0.667. The molecule has 1 aromatic carbocycles. The van der Waals surface area contributed by atoms with Crippen LogP contribution in [0.5, 0.6) is 0 Å². The standard InChI is InChI=1S/C6H6.2K.H3O4P.2H/c1-2-4-6-5-3-1;;;1-5(2,3)4;;/h1-6H;;;(H3,1,2,3,4);;/q;2*+1;;2*-1. The van der Waals surface area contributed by atoms with Crippen molar-refractivity contribution in [2.45, 2.75) is 0 Å². The summed E-state index contributed by atoms with van der Waals surface area (Å²) in [5, 5.41) is 0. The number of phosphoric acid groups is 1. The molecule has 0 amide bonds. The Morgan fingerprint density at radius 1 is 0.769 bits per heavy atom. The molecule has 0 aliphatic carbocycles. The summed E-state index contributed by atoms with van der Waals surface area (Å²) in [5.41, 5.74) is 0. The van der Waals surface area contributed by atoms with E-state index in [1.807, 2.05) is 36.4 Å². The van der Waals surface area contributed by atoms with E-state index in [2.05, 4.69) is 0 Å². The average molecular weight is 256 g/mol. The van der Waals surface area contributed by atoms with Crippen LogP contribution in [0, 0.1) is 0 Å². The van der Waals surface area contributed by atoms with Crippen LogP contribution >= 0.6 is 7.82 Å². The zero-order valence-corrected chi connectivity index (χ0v) is 14.8. The van der Waals surface area contributed by atoms with Crippen LogP contribution in [0.2, 0.25) is 0 Å². The zero-order valence-electron chi connectivity index (χ0n) is 9.66. The van der Waals surface area contributed by atoms with Gasteiger partial charge >= 0.3 is 111 Å². The number of hydrogen-bond acceptors (Lipinski definition) is 1. The molecule has 0 aliphatic heterocycles. The fourth-order valence-electron chi connectivity index (χ4n) is 0.385. The summed E-state index contributed by atoms with van der Waals surface area (Å²) in [7, 11) is -4.64. The van der Waals surface area contributed by atoms with Crippen molar-refractivity contribution in [1.82, 2.24) is 0 Å². The Morgan fingerprint density at radius 3 is 0.923 bits per heavy atom. The van der Waals surface area contributed by atoms with Crippen molar-refractivity contribution in [3.05, 3.63) is 36.4 Å². The van der Waals surface area contributed by atoms with Crippen LogP contribution in [0.3, 0.4) is 0 Å². The van der Waals surface area contributed by atoms with Crippen LogP contribution in [-0.2, 0) is 4.57 Å². The minimum absolute atomic E-state index is 0. The van der Waals surface area contributed by atoms with Gasteiger partial charge in [-0.15, -0.1) is 0 Å². The van der Waals surface area contributed by atoms with E-state index in [1.54, 1.807) is 0 Å². The summed E-state index contributed by atoms with van der Waals surface area (Å²) in [6.07, 6.45) is 0. The molecule has 0 atom stereocenters. The summed E-state index contributed by atoms with van der Waals surface area (Å²) >= 11 is 0. The molecular formula is C6H11K2O4P. The number of rotatable bonds is 0. The molecule has 0 unspecified atom stereocenters. The second-order valence-corrected chi connectivity index (χ2v) is 2.69. The molecule has 3 N–H and O–H groups in total. The smallest absolute Gasteiger partial charge is 1.00 e. The van der Waals surface area contributed by atoms with Crippen LogP contribution in [0.25, 0.3) is 0 Å². The summed E-state index contributed by atoms with van der Waals surface area (Å²) in [5.74, 6) is 0. The molecule has 0 spiro atoms. The normalized spacial score (nSPS) is 8.23. The van der Waals surface area contributed by atoms with Gasteiger partial charge in [-0.1, -0.05) is 36.4 Å². The monoisotopic (exact) mass is 256 g/mol. The minimum Gasteiger partial charge on any atom is -1.00 e. The Bertz CT molecular complexity index is 199. The van der Waals surface area contributed by atoms with Gasteiger partial charge in [0, 0.05) is 0 Å². The molecular weight excluding hydrogens is 245 g/mol. The fourth-order valence-corrected chi connectivity index (χ4v) is 0.385. The van der Waals surface area contributed by atoms with Gasteiger partial charge in [-0.2, -0.15) is 0 Å². The maximum atomic E-state index is 8.88. The van der Waals surface area contributed by atoms with Gasteiger partial charge in [0.05, 0.1) is 0 Å². The Labute approximate surface area is 165 Å².